The fraction of sp³-hybridized carbons (Fsp3) is 0.364. The normalized spacial score (nSPS) is 21.2. The Labute approximate surface area is 162 Å². The molecule has 0 radical (unpaired) electrons. The maximum Gasteiger partial charge on any atom is 0.261 e. The van der Waals surface area contributed by atoms with Crippen molar-refractivity contribution in [2.75, 3.05) is 12.4 Å². The summed E-state index contributed by atoms with van der Waals surface area (Å²) in [6.45, 7) is 11.5. The highest BCUT2D eigenvalue weighted by molar-refractivity contribution is 8.00. The lowest BCUT2D eigenvalue weighted by Crippen LogP contribution is -2.67. The highest BCUT2D eigenvalue weighted by atomic mass is 32.2. The van der Waals surface area contributed by atoms with E-state index in [1.54, 1.807) is 11.8 Å². The van der Waals surface area contributed by atoms with Gasteiger partial charge >= 0.3 is 0 Å². The molecule has 1 N–H and O–H groups in total. The molecule has 0 bridgehead atoms. The first-order valence-electron chi connectivity index (χ1n) is 9.09. The fourth-order valence-electron chi connectivity index (χ4n) is 3.75. The maximum absolute atomic E-state index is 10.0. The van der Waals surface area contributed by atoms with Crippen LogP contribution >= 0.6 is 11.8 Å². The lowest BCUT2D eigenvalue weighted by Gasteiger charge is -2.43. The minimum Gasteiger partial charge on any atom is -0.406 e. The summed E-state index contributed by atoms with van der Waals surface area (Å²) in [7, 11) is -2.50. The molecule has 1 aliphatic heterocycles. The van der Waals surface area contributed by atoms with Gasteiger partial charge in [-0.3, -0.25) is 0 Å². The Bertz CT molecular complexity index is 700. The summed E-state index contributed by atoms with van der Waals surface area (Å²) >= 11 is 1.75. The summed E-state index contributed by atoms with van der Waals surface area (Å²) in [6.07, 6.45) is -0.409. The zero-order chi connectivity index (χ0) is 18.8. The monoisotopic (exact) mass is 384 g/mol. The molecule has 2 aromatic rings. The van der Waals surface area contributed by atoms with E-state index < -0.39 is 14.4 Å². The SMILES string of the molecule is C=C1[C@H](O)CS[C@H]1CO[Si](c1ccccc1)(c1ccccc1)C(C)(C)C. The molecule has 3 rings (SSSR count). The van der Waals surface area contributed by atoms with E-state index in [9.17, 15) is 5.11 Å². The third-order valence-electron chi connectivity index (χ3n) is 5.16. The first-order chi connectivity index (χ1) is 12.4. The Morgan fingerprint density at radius 2 is 1.54 bits per heavy atom. The topological polar surface area (TPSA) is 29.5 Å². The Balaban J connectivity index is 2.04. The summed E-state index contributed by atoms with van der Waals surface area (Å²) in [4.78, 5) is 0. The van der Waals surface area contributed by atoms with E-state index in [1.807, 2.05) is 0 Å². The van der Waals surface area contributed by atoms with E-state index >= 15 is 0 Å². The van der Waals surface area contributed by atoms with Crippen LogP contribution in [0, 0.1) is 0 Å². The van der Waals surface area contributed by atoms with Gasteiger partial charge in [0.1, 0.15) is 0 Å². The number of aliphatic hydroxyl groups is 1. The van der Waals surface area contributed by atoms with Gasteiger partial charge in [-0.2, -0.15) is 0 Å². The molecule has 0 aromatic heterocycles. The summed E-state index contributed by atoms with van der Waals surface area (Å²) in [5, 5.41) is 12.7. The number of rotatable bonds is 5. The number of aliphatic hydroxyl groups excluding tert-OH is 1. The van der Waals surface area contributed by atoms with E-state index in [4.69, 9.17) is 4.43 Å². The Morgan fingerprint density at radius 1 is 1.04 bits per heavy atom. The molecule has 1 fully saturated rings. The molecule has 0 saturated carbocycles. The van der Waals surface area contributed by atoms with Crippen molar-refractivity contribution < 1.29 is 9.53 Å². The molecule has 2 aromatic carbocycles. The molecule has 1 heterocycles. The third kappa shape index (κ3) is 3.56. The zero-order valence-corrected chi connectivity index (χ0v) is 17.6. The van der Waals surface area contributed by atoms with Gasteiger partial charge in [0.2, 0.25) is 0 Å². The minimum atomic E-state index is -2.50. The number of thioether (sulfide) groups is 1. The molecule has 1 saturated heterocycles. The van der Waals surface area contributed by atoms with E-state index in [-0.39, 0.29) is 10.3 Å². The molecule has 1 aliphatic rings. The number of hydrogen-bond acceptors (Lipinski definition) is 3. The van der Waals surface area contributed by atoms with Gasteiger partial charge in [0.15, 0.2) is 0 Å². The van der Waals surface area contributed by atoms with Crippen LogP contribution in [0.3, 0.4) is 0 Å². The molecule has 138 valence electrons. The van der Waals surface area contributed by atoms with Gasteiger partial charge in [-0.1, -0.05) is 88.0 Å². The standard InChI is InChI=1S/C22H28O2SSi/c1-17-20(23)16-25-21(17)15-24-26(22(2,3)4,18-11-7-5-8-12-18)19-13-9-6-10-14-19/h5-14,20-21,23H,1,15-16H2,2-4H3/t20-,21+/m1/s1. The first-order valence-corrected chi connectivity index (χ1v) is 12.1. The summed E-state index contributed by atoms with van der Waals surface area (Å²) in [6, 6.07) is 21.3. The van der Waals surface area contributed by atoms with Crippen LogP contribution in [0.4, 0.5) is 0 Å². The van der Waals surface area contributed by atoms with Crippen LogP contribution in [0.25, 0.3) is 0 Å². The number of benzene rings is 2. The molecule has 0 aliphatic carbocycles. The van der Waals surface area contributed by atoms with Crippen LogP contribution in [0.1, 0.15) is 20.8 Å². The van der Waals surface area contributed by atoms with E-state index in [0.29, 0.717) is 12.4 Å². The predicted molar refractivity (Wildman–Crippen MR) is 115 cm³/mol. The van der Waals surface area contributed by atoms with E-state index in [1.165, 1.54) is 10.4 Å². The lowest BCUT2D eigenvalue weighted by molar-refractivity contribution is 0.231. The van der Waals surface area contributed by atoms with Gasteiger partial charge in [0.05, 0.1) is 18.0 Å². The van der Waals surface area contributed by atoms with Crippen LogP contribution in [0.15, 0.2) is 72.8 Å². The maximum atomic E-state index is 10.0. The van der Waals surface area contributed by atoms with Gasteiger partial charge in [-0.05, 0) is 21.0 Å². The summed E-state index contributed by atoms with van der Waals surface area (Å²) < 4.78 is 6.92. The molecule has 4 heteroatoms. The first kappa shape index (κ1) is 19.4. The van der Waals surface area contributed by atoms with Crippen molar-refractivity contribution in [3.8, 4) is 0 Å². The molecule has 0 unspecified atom stereocenters. The minimum absolute atomic E-state index is 0.0288. The largest absolute Gasteiger partial charge is 0.406 e. The Morgan fingerprint density at radius 3 is 1.92 bits per heavy atom. The van der Waals surface area contributed by atoms with Crippen molar-refractivity contribution in [3.05, 3.63) is 72.8 Å². The highest BCUT2D eigenvalue weighted by Gasteiger charge is 2.50. The second-order valence-corrected chi connectivity index (χ2v) is 13.4. The quantitative estimate of drug-likeness (QED) is 0.631. The molecule has 2 nitrogen and oxygen atoms in total. The Hall–Kier alpha value is -1.33. The van der Waals surface area contributed by atoms with Gasteiger partial charge < -0.3 is 9.53 Å². The van der Waals surface area contributed by atoms with Crippen LogP contribution in [0.5, 0.6) is 0 Å². The van der Waals surface area contributed by atoms with Crippen molar-refractivity contribution in [1.82, 2.24) is 0 Å². The highest BCUT2D eigenvalue weighted by Crippen LogP contribution is 2.38. The molecule has 0 amide bonds. The second-order valence-electron chi connectivity index (χ2n) is 7.89. The lowest BCUT2D eigenvalue weighted by atomic mass is 10.1. The molecular weight excluding hydrogens is 356 g/mol. The van der Waals surface area contributed by atoms with Crippen molar-refractivity contribution in [2.24, 2.45) is 0 Å². The smallest absolute Gasteiger partial charge is 0.261 e. The Kier molecular flexibility index (Phi) is 5.77. The number of hydrogen-bond donors (Lipinski definition) is 1. The van der Waals surface area contributed by atoms with Crippen LogP contribution in [-0.2, 0) is 4.43 Å². The molecule has 2 atom stereocenters. The van der Waals surface area contributed by atoms with Gasteiger partial charge in [-0.25, -0.2) is 0 Å². The fourth-order valence-corrected chi connectivity index (χ4v) is 9.61. The van der Waals surface area contributed by atoms with Crippen molar-refractivity contribution in [2.45, 2.75) is 37.2 Å². The van der Waals surface area contributed by atoms with Gasteiger partial charge in [0, 0.05) is 5.75 Å². The zero-order valence-electron chi connectivity index (χ0n) is 15.8. The summed E-state index contributed by atoms with van der Waals surface area (Å²) in [5.41, 5.74) is 0.896. The molecular formula is C22H28O2SSi. The summed E-state index contributed by atoms with van der Waals surface area (Å²) in [5.74, 6) is 0.716. The van der Waals surface area contributed by atoms with Crippen molar-refractivity contribution in [3.63, 3.8) is 0 Å². The van der Waals surface area contributed by atoms with Crippen LogP contribution < -0.4 is 10.4 Å². The van der Waals surface area contributed by atoms with Crippen LogP contribution in [0.2, 0.25) is 5.04 Å². The van der Waals surface area contributed by atoms with Crippen molar-refractivity contribution >= 4 is 30.5 Å². The predicted octanol–water partition coefficient (Wildman–Crippen LogP) is 3.60. The third-order valence-corrected chi connectivity index (χ3v) is 11.5. The van der Waals surface area contributed by atoms with E-state index in [2.05, 4.69) is 88.0 Å². The van der Waals surface area contributed by atoms with Crippen LogP contribution in [-0.4, -0.2) is 37.1 Å². The molecule has 26 heavy (non-hydrogen) atoms. The second kappa shape index (κ2) is 7.73. The van der Waals surface area contributed by atoms with E-state index in [0.717, 1.165) is 5.57 Å². The average molecular weight is 385 g/mol. The van der Waals surface area contributed by atoms with Crippen molar-refractivity contribution in [1.29, 1.82) is 0 Å². The molecule has 0 spiro atoms. The average Bonchev–Trinajstić information content (AvgIpc) is 2.95. The van der Waals surface area contributed by atoms with Gasteiger partial charge in [0.25, 0.3) is 8.32 Å². The van der Waals surface area contributed by atoms with Gasteiger partial charge in [-0.15, -0.1) is 11.8 Å².